The number of halogens is 3. The number of aromatic nitrogens is 6. The molecule has 2 aromatic heterocycles. The van der Waals surface area contributed by atoms with Crippen LogP contribution in [-0.2, 0) is 10.8 Å². The predicted octanol–water partition coefficient (Wildman–Crippen LogP) is 15.2. The van der Waals surface area contributed by atoms with Crippen LogP contribution in [0, 0.1) is 0 Å². The fourth-order valence-corrected chi connectivity index (χ4v) is 10.2. The molecule has 0 saturated heterocycles. The summed E-state index contributed by atoms with van der Waals surface area (Å²) in [5.41, 5.74) is 17.5. The third kappa shape index (κ3) is 9.77. The van der Waals surface area contributed by atoms with Gasteiger partial charge in [-0.1, -0.05) is 204 Å². The van der Waals surface area contributed by atoms with E-state index in [1.807, 2.05) is 84.9 Å². The van der Waals surface area contributed by atoms with Crippen LogP contribution in [0.2, 0.25) is 15.9 Å². The number of rotatable bonds is 7. The summed E-state index contributed by atoms with van der Waals surface area (Å²) in [7, 11) is 0.716. The van der Waals surface area contributed by atoms with E-state index < -0.39 is 0 Å². The van der Waals surface area contributed by atoms with Crippen molar-refractivity contribution in [2.45, 2.75) is 38.5 Å². The van der Waals surface area contributed by atoms with Gasteiger partial charge in [-0.2, -0.15) is 24.9 Å². The van der Waals surface area contributed by atoms with Gasteiger partial charge in [0.2, 0.25) is 15.9 Å². The Labute approximate surface area is 434 Å². The zero-order valence-electron chi connectivity index (χ0n) is 39.7. The molecular weight excluding hydrogens is 954 g/mol. The maximum absolute atomic E-state index is 8.72. The molecular formula is C60H45BCl3N6O2. The van der Waals surface area contributed by atoms with Gasteiger partial charge < -0.3 is 9.68 Å². The second-order valence-corrected chi connectivity index (χ2v) is 19.4. The lowest BCUT2D eigenvalue weighted by Crippen LogP contribution is -2.14. The predicted molar refractivity (Wildman–Crippen MR) is 292 cm³/mol. The standard InChI is InChI=1S/C30H22ClN3.C15H14BO2.C15H9Cl2N3/c1-30(2)25-11-7-6-10-23(25)24-18-22(16-17-26(24)30)28-32-27(33-29(31)34-28)21-14-12-20(13-15-21)19-8-4-3-5-9-19;1-15(2)13-6-4-3-5-11(13)12-9-10(18-16-17)7-8-14(12)15;16-14-18-13(19-15(17)20-14)12-8-6-11(7-9-12)10-4-2-1-3-5-10/h3-18H,1-2H3;3-9,17H,1-2H3;1-9H. The minimum absolute atomic E-state index is 0.0212. The van der Waals surface area contributed by atoms with Crippen molar-refractivity contribution >= 4 is 42.5 Å². The first-order valence-corrected chi connectivity index (χ1v) is 24.4. The zero-order chi connectivity index (χ0) is 50.0. The van der Waals surface area contributed by atoms with E-state index in [1.165, 1.54) is 50.1 Å². The third-order valence-electron chi connectivity index (χ3n) is 13.3. The maximum Gasteiger partial charge on any atom is 0.569 e. The molecule has 351 valence electrons. The SMILES string of the molecule is CC1(C)c2ccccc2-c2cc(-c3nc(Cl)nc(-c4ccc(-c5ccccc5)cc4)n3)ccc21.CC1(C)c2ccccc2-c2cc(O[B]O)ccc21.Clc1nc(Cl)nc(-c2ccc(-c3ccccc3)cc2)n1. The molecule has 72 heavy (non-hydrogen) atoms. The second kappa shape index (κ2) is 20.3. The van der Waals surface area contributed by atoms with E-state index in [0.717, 1.165) is 33.4 Å². The van der Waals surface area contributed by atoms with Crippen LogP contribution in [0.4, 0.5) is 0 Å². The quantitative estimate of drug-likeness (QED) is 0.157. The third-order valence-corrected chi connectivity index (χ3v) is 13.8. The molecule has 2 aliphatic rings. The molecule has 0 amide bonds. The molecule has 12 rings (SSSR count). The Balaban J connectivity index is 0.000000134. The summed E-state index contributed by atoms with van der Waals surface area (Å²) in [6.07, 6.45) is 0. The molecule has 0 bridgehead atoms. The highest BCUT2D eigenvalue weighted by Crippen LogP contribution is 2.50. The fourth-order valence-electron chi connectivity index (χ4n) is 9.64. The topological polar surface area (TPSA) is 107 Å². The Morgan fingerprint density at radius 1 is 0.347 bits per heavy atom. The number of benzene rings is 8. The number of hydrogen-bond donors (Lipinski definition) is 1. The van der Waals surface area contributed by atoms with E-state index in [4.69, 9.17) is 49.5 Å². The Morgan fingerprint density at radius 2 is 0.694 bits per heavy atom. The first-order valence-electron chi connectivity index (χ1n) is 23.3. The molecule has 12 heteroatoms. The molecule has 0 saturated carbocycles. The van der Waals surface area contributed by atoms with Gasteiger partial charge in [-0.05, 0) is 120 Å². The molecule has 8 aromatic carbocycles. The van der Waals surface area contributed by atoms with Crippen LogP contribution >= 0.6 is 34.8 Å². The summed E-state index contributed by atoms with van der Waals surface area (Å²) < 4.78 is 5.04. The van der Waals surface area contributed by atoms with Crippen LogP contribution in [0.5, 0.6) is 5.75 Å². The van der Waals surface area contributed by atoms with Crippen LogP contribution in [0.3, 0.4) is 0 Å². The molecule has 0 aliphatic heterocycles. The molecule has 8 nitrogen and oxygen atoms in total. The monoisotopic (exact) mass is 997 g/mol. The minimum Gasteiger partial charge on any atom is -0.537 e. The molecule has 1 N–H and O–H groups in total. The van der Waals surface area contributed by atoms with Crippen LogP contribution in [0.15, 0.2) is 194 Å². The highest BCUT2D eigenvalue weighted by atomic mass is 35.5. The van der Waals surface area contributed by atoms with E-state index in [0.29, 0.717) is 30.9 Å². The van der Waals surface area contributed by atoms with Crippen LogP contribution in [0.1, 0.15) is 49.9 Å². The van der Waals surface area contributed by atoms with Gasteiger partial charge in [0.1, 0.15) is 5.75 Å². The summed E-state index contributed by atoms with van der Waals surface area (Å²) in [5.74, 6) is 2.27. The highest BCUT2D eigenvalue weighted by Gasteiger charge is 2.36. The Bertz CT molecular complexity index is 3560. The first kappa shape index (κ1) is 48.1. The van der Waals surface area contributed by atoms with Crippen molar-refractivity contribution in [2.75, 3.05) is 0 Å². The molecule has 0 fully saturated rings. The average Bonchev–Trinajstić information content (AvgIpc) is 3.78. The van der Waals surface area contributed by atoms with Gasteiger partial charge in [0.15, 0.2) is 17.5 Å². The van der Waals surface area contributed by atoms with Crippen molar-refractivity contribution in [1.82, 2.24) is 29.9 Å². The molecule has 10 aromatic rings. The summed E-state index contributed by atoms with van der Waals surface area (Å²) in [6.45, 7) is 9.01. The van der Waals surface area contributed by atoms with Crippen LogP contribution in [0.25, 0.3) is 78.7 Å². The van der Waals surface area contributed by atoms with Gasteiger partial charge >= 0.3 is 7.69 Å². The van der Waals surface area contributed by atoms with Crippen LogP contribution < -0.4 is 4.65 Å². The Morgan fingerprint density at radius 3 is 1.18 bits per heavy atom. The summed E-state index contributed by atoms with van der Waals surface area (Å²) >= 11 is 17.9. The van der Waals surface area contributed by atoms with Gasteiger partial charge in [0, 0.05) is 27.5 Å². The van der Waals surface area contributed by atoms with Gasteiger partial charge in [-0.3, -0.25) is 0 Å². The normalized spacial score (nSPS) is 12.9. The highest BCUT2D eigenvalue weighted by molar-refractivity contribution is 6.31. The number of nitrogens with zero attached hydrogens (tertiary/aromatic N) is 6. The lowest BCUT2D eigenvalue weighted by atomic mass is 9.82. The van der Waals surface area contributed by atoms with E-state index in [1.54, 1.807) is 0 Å². The van der Waals surface area contributed by atoms with E-state index >= 15 is 0 Å². The van der Waals surface area contributed by atoms with Crippen molar-refractivity contribution < 1.29 is 9.68 Å². The van der Waals surface area contributed by atoms with Crippen molar-refractivity contribution in [3.63, 3.8) is 0 Å². The van der Waals surface area contributed by atoms with Gasteiger partial charge in [0.05, 0.1) is 0 Å². The second-order valence-electron chi connectivity index (χ2n) is 18.4. The van der Waals surface area contributed by atoms with E-state index in [9.17, 15) is 0 Å². The Kier molecular flexibility index (Phi) is 13.6. The largest absolute Gasteiger partial charge is 0.569 e. The molecule has 2 heterocycles. The minimum atomic E-state index is -0.0349. The van der Waals surface area contributed by atoms with E-state index in [2.05, 4.69) is 162 Å². The molecule has 0 unspecified atom stereocenters. The van der Waals surface area contributed by atoms with Crippen molar-refractivity contribution in [3.8, 4) is 84.4 Å². The van der Waals surface area contributed by atoms with Gasteiger partial charge in [0.25, 0.3) is 0 Å². The molecule has 1 radical (unpaired) electrons. The first-order chi connectivity index (χ1) is 34.9. The van der Waals surface area contributed by atoms with Gasteiger partial charge in [-0.25, -0.2) is 4.98 Å². The maximum atomic E-state index is 8.72. The number of fused-ring (bicyclic) bond motifs is 6. The lowest BCUT2D eigenvalue weighted by molar-refractivity contribution is 0.453. The smallest absolute Gasteiger partial charge is 0.537 e. The molecule has 0 atom stereocenters. The van der Waals surface area contributed by atoms with Crippen LogP contribution in [-0.4, -0.2) is 42.6 Å². The van der Waals surface area contributed by atoms with Crippen molar-refractivity contribution in [1.29, 1.82) is 0 Å². The van der Waals surface area contributed by atoms with Gasteiger partial charge in [-0.15, -0.1) is 0 Å². The summed E-state index contributed by atoms with van der Waals surface area (Å²) in [5, 5.41) is 9.09. The Hall–Kier alpha value is -7.53. The number of hydrogen-bond acceptors (Lipinski definition) is 8. The summed E-state index contributed by atoms with van der Waals surface area (Å²) in [6, 6.07) is 66.0. The fraction of sp³-hybridized carbons (Fsp3) is 0.100. The molecule has 0 spiro atoms. The summed E-state index contributed by atoms with van der Waals surface area (Å²) in [4.78, 5) is 25.5. The lowest BCUT2D eigenvalue weighted by Gasteiger charge is -2.21. The zero-order valence-corrected chi connectivity index (χ0v) is 42.0. The van der Waals surface area contributed by atoms with Crippen molar-refractivity contribution in [2.24, 2.45) is 0 Å². The van der Waals surface area contributed by atoms with E-state index in [-0.39, 0.29) is 26.7 Å². The average molecular weight is 999 g/mol. The molecule has 2 aliphatic carbocycles. The van der Waals surface area contributed by atoms with Crippen molar-refractivity contribution in [3.05, 3.63) is 232 Å².